The first kappa shape index (κ1) is 28.1. The fourth-order valence-electron chi connectivity index (χ4n) is 5.33. The molecule has 41 heavy (non-hydrogen) atoms. The predicted octanol–water partition coefficient (Wildman–Crippen LogP) is 4.74. The van der Waals surface area contributed by atoms with Crippen LogP contribution in [0.2, 0.25) is 0 Å². The summed E-state index contributed by atoms with van der Waals surface area (Å²) in [6.07, 6.45) is 2.81. The van der Waals surface area contributed by atoms with Crippen LogP contribution in [0.3, 0.4) is 0 Å². The molecule has 1 fully saturated rings. The Bertz CT molecular complexity index is 1750. The van der Waals surface area contributed by atoms with Crippen molar-refractivity contribution >= 4 is 44.7 Å². The van der Waals surface area contributed by atoms with Gasteiger partial charge in [-0.1, -0.05) is 12.1 Å². The van der Waals surface area contributed by atoms with E-state index < -0.39 is 16.0 Å². The number of nitrogens with one attached hydrogen (secondary N) is 2. The quantitative estimate of drug-likeness (QED) is 0.249. The van der Waals surface area contributed by atoms with Gasteiger partial charge in [0.05, 0.1) is 42.4 Å². The fraction of sp³-hybridized carbons (Fsp3) is 0.207. The number of hydrogen-bond acceptors (Lipinski definition) is 6. The topological polar surface area (TPSA) is 126 Å². The van der Waals surface area contributed by atoms with Crippen molar-refractivity contribution in [3.8, 4) is 11.4 Å². The Kier molecular flexibility index (Phi) is 7.45. The highest BCUT2D eigenvalue weighted by molar-refractivity contribution is 7.92. The van der Waals surface area contributed by atoms with E-state index in [4.69, 9.17) is 17.0 Å². The number of hydrogen-bond donors (Lipinski definition) is 3. The highest BCUT2D eigenvalue weighted by Gasteiger charge is 2.42. The zero-order valence-electron chi connectivity index (χ0n) is 22.8. The Hall–Kier alpha value is -4.42. The second kappa shape index (κ2) is 10.9. The van der Waals surface area contributed by atoms with Crippen LogP contribution >= 0.6 is 12.2 Å². The Morgan fingerprint density at radius 2 is 1.85 bits per heavy atom. The number of benzene rings is 2. The average molecular weight is 592 g/mol. The van der Waals surface area contributed by atoms with Crippen molar-refractivity contribution in [3.63, 3.8) is 0 Å². The second-order valence-electron chi connectivity index (χ2n) is 9.77. The molecule has 0 amide bonds. The summed E-state index contributed by atoms with van der Waals surface area (Å²) in [6, 6.07) is 19.1. The molecular formula is C29H29N5O5S2. The highest BCUT2D eigenvalue weighted by atomic mass is 32.2. The number of ether oxygens (including phenoxy) is 1. The number of anilines is 2. The normalized spacial score (nSPS) is 16.9. The van der Waals surface area contributed by atoms with Crippen molar-refractivity contribution in [2.45, 2.75) is 25.9 Å². The minimum Gasteiger partial charge on any atom is -0.494 e. The molecule has 0 radical (unpaired) electrons. The van der Waals surface area contributed by atoms with Gasteiger partial charge in [-0.3, -0.25) is 9.71 Å². The molecule has 2 aromatic carbocycles. The molecule has 212 valence electrons. The molecule has 10 nitrogen and oxygen atoms in total. The minimum absolute atomic E-state index is 0.197. The van der Waals surface area contributed by atoms with Crippen LogP contribution < -0.4 is 19.7 Å². The monoisotopic (exact) mass is 591 g/mol. The molecule has 0 spiro atoms. The molecule has 0 unspecified atom stereocenters. The number of aromatic nitrogens is 2. The molecule has 0 saturated carbocycles. The Morgan fingerprint density at radius 1 is 1.07 bits per heavy atom. The molecular weight excluding hydrogens is 562 g/mol. The number of carboxylic acid groups (broad SMARTS) is 1. The number of carbonyl (C=O) groups is 1. The third-order valence-corrected chi connectivity index (χ3v) is 7.90. The Morgan fingerprint density at radius 3 is 2.51 bits per heavy atom. The number of methoxy groups -OCH3 is 1. The molecule has 3 N–H and O–H groups in total. The number of aryl methyl sites for hydroxylation is 1. The van der Waals surface area contributed by atoms with Gasteiger partial charge in [-0.25, -0.2) is 13.2 Å². The zero-order valence-corrected chi connectivity index (χ0v) is 24.5. The van der Waals surface area contributed by atoms with Gasteiger partial charge in [0.25, 0.3) is 0 Å². The third-order valence-electron chi connectivity index (χ3n) is 7.00. The van der Waals surface area contributed by atoms with Crippen molar-refractivity contribution in [3.05, 3.63) is 101 Å². The first-order valence-electron chi connectivity index (χ1n) is 12.7. The number of aromatic carboxylic acids is 1. The van der Waals surface area contributed by atoms with Gasteiger partial charge in [0.1, 0.15) is 5.75 Å². The maximum Gasteiger partial charge on any atom is 0.335 e. The van der Waals surface area contributed by atoms with Crippen LogP contribution in [0.4, 0.5) is 11.4 Å². The molecule has 0 aliphatic carbocycles. The molecule has 2 atom stereocenters. The van der Waals surface area contributed by atoms with Crippen LogP contribution in [-0.4, -0.2) is 47.5 Å². The van der Waals surface area contributed by atoms with Crippen LogP contribution in [0.25, 0.3) is 5.69 Å². The molecule has 2 aromatic heterocycles. The highest BCUT2D eigenvalue weighted by Crippen LogP contribution is 2.45. The van der Waals surface area contributed by atoms with Crippen molar-refractivity contribution in [1.29, 1.82) is 0 Å². The lowest BCUT2D eigenvalue weighted by atomic mass is 9.96. The third kappa shape index (κ3) is 5.48. The van der Waals surface area contributed by atoms with Crippen molar-refractivity contribution < 1.29 is 23.1 Å². The first-order chi connectivity index (χ1) is 19.5. The van der Waals surface area contributed by atoms with Gasteiger partial charge >= 0.3 is 5.97 Å². The molecule has 0 bridgehead atoms. The molecule has 12 heteroatoms. The van der Waals surface area contributed by atoms with E-state index in [1.165, 1.54) is 7.11 Å². The Balaban J connectivity index is 1.67. The van der Waals surface area contributed by atoms with Crippen molar-refractivity contribution in [2.24, 2.45) is 0 Å². The lowest BCUT2D eigenvalue weighted by Crippen LogP contribution is -2.29. The van der Waals surface area contributed by atoms with Crippen LogP contribution in [0.15, 0.2) is 72.9 Å². The van der Waals surface area contributed by atoms with Crippen LogP contribution in [0, 0.1) is 13.8 Å². The maximum absolute atomic E-state index is 11.9. The van der Waals surface area contributed by atoms with Crippen LogP contribution in [-0.2, 0) is 10.0 Å². The lowest BCUT2D eigenvalue weighted by molar-refractivity contribution is 0.0697. The molecule has 1 aliphatic heterocycles. The summed E-state index contributed by atoms with van der Waals surface area (Å²) in [5.41, 5.74) is 5.52. The van der Waals surface area contributed by atoms with Gasteiger partial charge in [0.15, 0.2) is 5.11 Å². The summed E-state index contributed by atoms with van der Waals surface area (Å²) in [5.74, 6) is -0.657. The largest absolute Gasteiger partial charge is 0.494 e. The zero-order chi connectivity index (χ0) is 29.5. The molecule has 5 rings (SSSR count). The standard InChI is InChI=1S/C29H29N5O5S2/c1-17-14-22(18(2)33(17)20-9-7-8-19(15-20)28(35)36)27-26(24-10-5-6-13-30-24)31-29(40)34(27)21-11-12-23(25(16-21)39-3)32-41(4,37)38/h5-16,26-27,32H,1-4H3,(H,31,40)(H,35,36)/t26-,27+/m1/s1. The van der Waals surface area contributed by atoms with Gasteiger partial charge in [0, 0.05) is 35.0 Å². The summed E-state index contributed by atoms with van der Waals surface area (Å²) < 4.78 is 33.8. The maximum atomic E-state index is 11.9. The van der Waals surface area contributed by atoms with Gasteiger partial charge in [-0.15, -0.1) is 0 Å². The number of sulfonamides is 1. The van der Waals surface area contributed by atoms with E-state index in [1.54, 1.807) is 42.6 Å². The van der Waals surface area contributed by atoms with Gasteiger partial charge in [-0.05, 0) is 80.2 Å². The number of nitrogens with zero attached hydrogens (tertiary/aromatic N) is 3. The van der Waals surface area contributed by atoms with Gasteiger partial charge < -0.3 is 24.6 Å². The average Bonchev–Trinajstić information content (AvgIpc) is 3.43. The smallest absolute Gasteiger partial charge is 0.335 e. The minimum atomic E-state index is -3.52. The summed E-state index contributed by atoms with van der Waals surface area (Å²) >= 11 is 5.86. The lowest BCUT2D eigenvalue weighted by Gasteiger charge is -2.29. The first-order valence-corrected chi connectivity index (χ1v) is 15.0. The van der Waals surface area contributed by atoms with E-state index >= 15 is 0 Å². The molecule has 3 heterocycles. The van der Waals surface area contributed by atoms with Crippen LogP contribution in [0.5, 0.6) is 5.75 Å². The van der Waals surface area contributed by atoms with Crippen LogP contribution in [0.1, 0.15) is 45.1 Å². The predicted molar refractivity (Wildman–Crippen MR) is 162 cm³/mol. The van der Waals surface area contributed by atoms with E-state index in [-0.39, 0.29) is 17.6 Å². The summed E-state index contributed by atoms with van der Waals surface area (Å²) in [4.78, 5) is 18.3. The second-order valence-corrected chi connectivity index (χ2v) is 11.9. The number of thiocarbonyl (C=S) groups is 1. The van der Waals surface area contributed by atoms with E-state index in [9.17, 15) is 18.3 Å². The number of pyridine rings is 1. The molecule has 4 aromatic rings. The number of carboxylic acids is 1. The van der Waals surface area contributed by atoms with E-state index in [2.05, 4.69) is 21.1 Å². The molecule has 1 saturated heterocycles. The summed E-state index contributed by atoms with van der Waals surface area (Å²) in [7, 11) is -2.05. The fourth-order valence-corrected chi connectivity index (χ4v) is 6.24. The number of rotatable bonds is 8. The Labute approximate surface area is 243 Å². The summed E-state index contributed by atoms with van der Waals surface area (Å²) in [6.45, 7) is 3.96. The van der Waals surface area contributed by atoms with Gasteiger partial charge in [0.2, 0.25) is 10.0 Å². The summed E-state index contributed by atoms with van der Waals surface area (Å²) in [5, 5.41) is 13.5. The van der Waals surface area contributed by atoms with E-state index in [0.717, 1.165) is 34.6 Å². The van der Waals surface area contributed by atoms with Gasteiger partial charge in [-0.2, -0.15) is 0 Å². The van der Waals surface area contributed by atoms with Crippen molar-refractivity contribution in [1.82, 2.24) is 14.9 Å². The van der Waals surface area contributed by atoms with E-state index in [1.807, 2.05) is 47.6 Å². The SMILES string of the molecule is COc1cc(N2C(=S)N[C@H](c3ccccn3)[C@@H]2c2cc(C)n(-c3cccc(C(=O)O)c3)c2C)ccc1NS(C)(=O)=O. The van der Waals surface area contributed by atoms with E-state index in [0.29, 0.717) is 22.2 Å². The van der Waals surface area contributed by atoms with Crippen molar-refractivity contribution in [2.75, 3.05) is 23.0 Å². The molecule has 1 aliphatic rings.